The van der Waals surface area contributed by atoms with Gasteiger partial charge in [0.2, 0.25) is 0 Å². The summed E-state index contributed by atoms with van der Waals surface area (Å²) in [6.07, 6.45) is 6.63. The molecular weight excluding hydrogens is 150 g/mol. The molecule has 4 N–H and O–H groups in total. The summed E-state index contributed by atoms with van der Waals surface area (Å²) in [5.41, 5.74) is 0. The first-order valence-electron chi connectivity index (χ1n) is 4.75. The quantitative estimate of drug-likeness (QED) is 0.594. The average Bonchev–Trinajstić information content (AvgIpc) is 2.28. The Morgan fingerprint density at radius 2 is 1.83 bits per heavy atom. The first-order chi connectivity index (χ1) is 5.47. The normalized spacial score (nSPS) is 23.3. The zero-order valence-corrected chi connectivity index (χ0v) is 8.05. The summed E-state index contributed by atoms with van der Waals surface area (Å²) in [6.45, 7) is 3.60. The molecule has 70 valence electrons. The molecule has 1 fully saturated rings. The van der Waals surface area contributed by atoms with Crippen molar-refractivity contribution in [2.75, 3.05) is 19.6 Å². The molecule has 2 heterocycles. The van der Waals surface area contributed by atoms with E-state index in [4.69, 9.17) is 0 Å². The van der Waals surface area contributed by atoms with Crippen molar-refractivity contribution < 1.29 is 0 Å². The van der Waals surface area contributed by atoms with E-state index in [2.05, 4.69) is 9.89 Å². The monoisotopic (exact) mass is 170 g/mol. The summed E-state index contributed by atoms with van der Waals surface area (Å²) < 4.78 is 0. The number of nitrogens with zero attached hydrogens (tertiary/aromatic N) is 2. The van der Waals surface area contributed by atoms with Gasteiger partial charge in [0.1, 0.15) is 0 Å². The Bertz CT molecular complexity index is 165. The molecule has 0 saturated carbocycles. The van der Waals surface area contributed by atoms with E-state index in [1.165, 1.54) is 51.0 Å². The fourth-order valence-corrected chi connectivity index (χ4v) is 1.94. The number of hydrogen-bond donors (Lipinski definition) is 1. The first kappa shape index (κ1) is 9.52. The lowest BCUT2D eigenvalue weighted by molar-refractivity contribution is 0.391. The second-order valence-electron chi connectivity index (χ2n) is 3.45. The van der Waals surface area contributed by atoms with Gasteiger partial charge in [-0.3, -0.25) is 4.99 Å². The van der Waals surface area contributed by atoms with Gasteiger partial charge in [-0.05, 0) is 19.3 Å². The Morgan fingerprint density at radius 3 is 2.75 bits per heavy atom. The highest BCUT2D eigenvalue weighted by Crippen LogP contribution is 2.15. The van der Waals surface area contributed by atoms with Crippen molar-refractivity contribution in [3.05, 3.63) is 0 Å². The number of aliphatic imine (C=N–C) groups is 1. The molecule has 12 heavy (non-hydrogen) atoms. The molecule has 0 bridgehead atoms. The zero-order chi connectivity index (χ0) is 7.52. The van der Waals surface area contributed by atoms with Gasteiger partial charge in [0, 0.05) is 26.1 Å². The molecule has 2 aliphatic heterocycles. The van der Waals surface area contributed by atoms with Crippen LogP contribution in [0.15, 0.2) is 4.99 Å². The van der Waals surface area contributed by atoms with Crippen LogP contribution >= 0.6 is 0 Å². The Hall–Kier alpha value is -0.570. The van der Waals surface area contributed by atoms with E-state index in [-0.39, 0.29) is 6.15 Å². The van der Waals surface area contributed by atoms with E-state index in [0.717, 1.165) is 6.54 Å². The van der Waals surface area contributed by atoms with Crippen molar-refractivity contribution in [2.24, 2.45) is 4.99 Å². The van der Waals surface area contributed by atoms with Crippen LogP contribution in [0.4, 0.5) is 0 Å². The maximum atomic E-state index is 4.55. The second kappa shape index (κ2) is 4.45. The topological polar surface area (TPSA) is 52.1 Å². The van der Waals surface area contributed by atoms with Crippen molar-refractivity contribution in [3.8, 4) is 0 Å². The number of quaternary nitrogens is 1. The van der Waals surface area contributed by atoms with Crippen LogP contribution in [-0.4, -0.2) is 30.4 Å². The van der Waals surface area contributed by atoms with E-state index in [9.17, 15) is 0 Å². The molecular formula is C9H20N3+. The summed E-state index contributed by atoms with van der Waals surface area (Å²) in [7, 11) is 0. The Kier molecular flexibility index (Phi) is 3.53. The molecule has 0 aromatic carbocycles. The largest absolute Gasteiger partial charge is 0.369 e. The minimum Gasteiger partial charge on any atom is -0.369 e. The number of amidine groups is 1. The number of fused-ring (bicyclic) bond motifs is 1. The van der Waals surface area contributed by atoms with Crippen molar-refractivity contribution in [2.45, 2.75) is 32.1 Å². The van der Waals surface area contributed by atoms with E-state index in [0.29, 0.717) is 0 Å². The predicted octanol–water partition coefficient (Wildman–Crippen LogP) is 2.04. The number of hydrogen-bond acceptors (Lipinski definition) is 2. The molecule has 0 aromatic rings. The molecule has 0 aliphatic carbocycles. The molecule has 0 unspecified atom stereocenters. The van der Waals surface area contributed by atoms with Gasteiger partial charge in [-0.15, -0.1) is 0 Å². The van der Waals surface area contributed by atoms with Crippen LogP contribution in [0.25, 0.3) is 0 Å². The third-order valence-electron chi connectivity index (χ3n) is 2.57. The Labute approximate surface area is 74.4 Å². The van der Waals surface area contributed by atoms with Gasteiger partial charge >= 0.3 is 0 Å². The van der Waals surface area contributed by atoms with Crippen LogP contribution in [0.5, 0.6) is 0 Å². The highest BCUT2D eigenvalue weighted by molar-refractivity contribution is 5.83. The van der Waals surface area contributed by atoms with E-state index in [1.807, 2.05) is 0 Å². The number of rotatable bonds is 0. The van der Waals surface area contributed by atoms with Gasteiger partial charge in [-0.25, -0.2) is 0 Å². The highest BCUT2D eigenvalue weighted by atomic mass is 15.2. The maximum absolute atomic E-state index is 4.55. The van der Waals surface area contributed by atoms with Crippen LogP contribution in [0.3, 0.4) is 0 Å². The second-order valence-corrected chi connectivity index (χ2v) is 3.45. The summed E-state index contributed by atoms with van der Waals surface area (Å²) in [6, 6.07) is 0. The molecule has 3 nitrogen and oxygen atoms in total. The molecule has 2 rings (SSSR count). The maximum Gasteiger partial charge on any atom is 0.0988 e. The molecule has 2 aliphatic rings. The third-order valence-corrected chi connectivity index (χ3v) is 2.57. The first-order valence-corrected chi connectivity index (χ1v) is 4.75. The van der Waals surface area contributed by atoms with Crippen molar-refractivity contribution >= 4 is 5.84 Å². The molecule has 3 heteroatoms. The van der Waals surface area contributed by atoms with E-state index < -0.39 is 0 Å². The molecule has 1 saturated heterocycles. The third kappa shape index (κ3) is 1.97. The van der Waals surface area contributed by atoms with Crippen LogP contribution < -0.4 is 6.15 Å². The fourth-order valence-electron chi connectivity index (χ4n) is 1.94. The van der Waals surface area contributed by atoms with Crippen LogP contribution in [0.1, 0.15) is 32.1 Å². The summed E-state index contributed by atoms with van der Waals surface area (Å²) in [5.74, 6) is 1.40. The van der Waals surface area contributed by atoms with E-state index >= 15 is 0 Å². The summed E-state index contributed by atoms with van der Waals surface area (Å²) >= 11 is 0. The lowest BCUT2D eigenvalue weighted by Gasteiger charge is -2.27. The van der Waals surface area contributed by atoms with Gasteiger partial charge in [-0.1, -0.05) is 6.42 Å². The highest BCUT2D eigenvalue weighted by Gasteiger charge is 2.16. The fraction of sp³-hybridized carbons (Fsp3) is 0.889. The van der Waals surface area contributed by atoms with Crippen molar-refractivity contribution in [3.63, 3.8) is 0 Å². The lowest BCUT2D eigenvalue weighted by atomic mass is 10.2. The minimum absolute atomic E-state index is 0. The van der Waals surface area contributed by atoms with Crippen molar-refractivity contribution in [1.82, 2.24) is 11.1 Å². The van der Waals surface area contributed by atoms with Crippen LogP contribution in [-0.2, 0) is 0 Å². The van der Waals surface area contributed by atoms with Crippen molar-refractivity contribution in [1.29, 1.82) is 0 Å². The Morgan fingerprint density at radius 1 is 1.00 bits per heavy atom. The summed E-state index contributed by atoms with van der Waals surface area (Å²) in [5, 5.41) is 0. The minimum atomic E-state index is 0. The standard InChI is InChI=1S/C9H16N2.H3N/c1-2-5-9-10-6-4-8-11(9)7-3-1;/h1-8H2;1H3/p+1. The molecule has 0 atom stereocenters. The zero-order valence-electron chi connectivity index (χ0n) is 8.05. The van der Waals surface area contributed by atoms with Gasteiger partial charge in [0.05, 0.1) is 5.84 Å². The van der Waals surface area contributed by atoms with Gasteiger partial charge in [0.25, 0.3) is 0 Å². The molecule has 0 radical (unpaired) electrons. The lowest BCUT2D eigenvalue weighted by Crippen LogP contribution is -2.34. The van der Waals surface area contributed by atoms with Gasteiger partial charge in [0.15, 0.2) is 0 Å². The average molecular weight is 170 g/mol. The molecule has 0 amide bonds. The molecule has 0 spiro atoms. The SMILES string of the molecule is C1CCC2=NCCCN2CC1.[NH4+]. The van der Waals surface area contributed by atoms with E-state index in [1.54, 1.807) is 0 Å². The summed E-state index contributed by atoms with van der Waals surface area (Å²) in [4.78, 5) is 7.04. The van der Waals surface area contributed by atoms with Gasteiger partial charge < -0.3 is 11.1 Å². The molecule has 0 aromatic heterocycles. The van der Waals surface area contributed by atoms with Crippen LogP contribution in [0, 0.1) is 0 Å². The predicted molar refractivity (Wildman–Crippen MR) is 52.9 cm³/mol. The smallest absolute Gasteiger partial charge is 0.0988 e. The van der Waals surface area contributed by atoms with Crippen LogP contribution in [0.2, 0.25) is 0 Å². The Balaban J connectivity index is 0.000000720. The van der Waals surface area contributed by atoms with Gasteiger partial charge in [-0.2, -0.15) is 0 Å².